The van der Waals surface area contributed by atoms with Crippen molar-refractivity contribution in [3.8, 4) is 0 Å². The van der Waals surface area contributed by atoms with Gasteiger partial charge in [0.2, 0.25) is 10.0 Å². The number of β-amino-alcohol motifs (C(OH)–C–C–N with tert-alkyl or cyclic N) is 1. The van der Waals surface area contributed by atoms with Crippen LogP contribution in [0.5, 0.6) is 0 Å². The summed E-state index contributed by atoms with van der Waals surface area (Å²) in [6, 6.07) is 2.44. The second kappa shape index (κ2) is 5.09. The van der Waals surface area contributed by atoms with Gasteiger partial charge in [-0.15, -0.1) is 0 Å². The molecule has 4 nitrogen and oxygen atoms in total. The van der Waals surface area contributed by atoms with E-state index in [2.05, 4.69) is 0 Å². The van der Waals surface area contributed by atoms with Crippen molar-refractivity contribution in [1.29, 1.82) is 0 Å². The van der Waals surface area contributed by atoms with Crippen molar-refractivity contribution in [2.24, 2.45) is 0 Å². The highest BCUT2D eigenvalue weighted by molar-refractivity contribution is 7.89. The first-order chi connectivity index (χ1) is 9.19. The summed E-state index contributed by atoms with van der Waals surface area (Å²) in [7, 11) is -3.66. The van der Waals surface area contributed by atoms with Crippen LogP contribution in [0.25, 0.3) is 0 Å². The fourth-order valence-electron chi connectivity index (χ4n) is 2.84. The summed E-state index contributed by atoms with van der Waals surface area (Å²) in [5.41, 5.74) is -0.120. The molecule has 2 rings (SSSR count). The second-order valence-electron chi connectivity index (χ2n) is 5.62. The van der Waals surface area contributed by atoms with Crippen molar-refractivity contribution < 1.29 is 17.9 Å². The maximum absolute atomic E-state index is 13.3. The van der Waals surface area contributed by atoms with Crippen molar-refractivity contribution in [3.63, 3.8) is 0 Å². The topological polar surface area (TPSA) is 57.6 Å². The van der Waals surface area contributed by atoms with E-state index < -0.39 is 21.4 Å². The Bertz CT molecular complexity index is 598. The third-order valence-corrected chi connectivity index (χ3v) is 5.78. The highest BCUT2D eigenvalue weighted by Gasteiger charge is 2.47. The van der Waals surface area contributed by atoms with Gasteiger partial charge < -0.3 is 5.11 Å². The molecule has 1 aromatic carbocycles. The molecule has 0 radical (unpaired) electrons. The van der Waals surface area contributed by atoms with Gasteiger partial charge >= 0.3 is 0 Å². The van der Waals surface area contributed by atoms with Crippen LogP contribution in [-0.2, 0) is 10.0 Å². The average Bonchev–Trinajstić information content (AvgIpc) is 2.23. The fraction of sp³-hybridized carbons (Fsp3) is 0.571. The van der Waals surface area contributed by atoms with E-state index in [9.17, 15) is 17.9 Å². The van der Waals surface area contributed by atoms with Crippen molar-refractivity contribution >= 4 is 10.0 Å². The molecule has 1 fully saturated rings. The molecule has 0 aliphatic carbocycles. The number of benzene rings is 1. The average molecular weight is 301 g/mol. The molecule has 1 aliphatic heterocycles. The van der Waals surface area contributed by atoms with Gasteiger partial charge in [0.25, 0.3) is 0 Å². The Morgan fingerprint density at radius 3 is 2.25 bits per heavy atom. The smallest absolute Gasteiger partial charge is 0.243 e. The Labute approximate surface area is 119 Å². The molecule has 0 amide bonds. The van der Waals surface area contributed by atoms with Crippen molar-refractivity contribution in [2.45, 2.75) is 44.1 Å². The van der Waals surface area contributed by atoms with Crippen LogP contribution < -0.4 is 0 Å². The first-order valence-electron chi connectivity index (χ1n) is 6.69. The standard InChI is InChI=1S/C14H20FNO3S/c1-4-5-14(17)8-16(9-14)20(18,19)13-10(2)6-12(15)7-11(13)3/h6-7,17H,4-5,8-9H2,1-3H3. The van der Waals surface area contributed by atoms with Crippen molar-refractivity contribution in [2.75, 3.05) is 13.1 Å². The van der Waals surface area contributed by atoms with Gasteiger partial charge in [0, 0.05) is 13.1 Å². The number of rotatable bonds is 4. The summed E-state index contributed by atoms with van der Waals surface area (Å²) in [5.74, 6) is -0.440. The molecule has 0 spiro atoms. The van der Waals surface area contributed by atoms with Gasteiger partial charge in [-0.05, 0) is 43.5 Å². The number of aliphatic hydroxyl groups is 1. The highest BCUT2D eigenvalue weighted by atomic mass is 32.2. The molecular weight excluding hydrogens is 281 g/mol. The van der Waals surface area contributed by atoms with Crippen LogP contribution in [0.1, 0.15) is 30.9 Å². The van der Waals surface area contributed by atoms with E-state index in [1.165, 1.54) is 16.4 Å². The molecule has 1 heterocycles. The molecule has 112 valence electrons. The van der Waals surface area contributed by atoms with Crippen LogP contribution in [0.15, 0.2) is 17.0 Å². The van der Waals surface area contributed by atoms with E-state index in [0.717, 1.165) is 6.42 Å². The minimum atomic E-state index is -3.66. The van der Waals surface area contributed by atoms with Crippen LogP contribution in [-0.4, -0.2) is 36.5 Å². The number of hydrogen-bond donors (Lipinski definition) is 1. The summed E-state index contributed by atoms with van der Waals surface area (Å²) in [6.45, 7) is 5.34. The molecule has 1 N–H and O–H groups in total. The normalized spacial score (nSPS) is 18.9. The van der Waals surface area contributed by atoms with Gasteiger partial charge in [-0.25, -0.2) is 12.8 Å². The molecule has 0 unspecified atom stereocenters. The number of halogens is 1. The Morgan fingerprint density at radius 2 is 1.80 bits per heavy atom. The third-order valence-electron chi connectivity index (χ3n) is 3.68. The molecule has 0 saturated carbocycles. The number of aryl methyl sites for hydroxylation is 2. The van der Waals surface area contributed by atoms with Crippen LogP contribution in [0.2, 0.25) is 0 Å². The maximum atomic E-state index is 13.3. The molecule has 1 aliphatic rings. The largest absolute Gasteiger partial charge is 0.387 e. The van der Waals surface area contributed by atoms with Crippen LogP contribution in [0, 0.1) is 19.7 Å². The first kappa shape index (κ1) is 15.4. The predicted molar refractivity (Wildman–Crippen MR) is 74.5 cm³/mol. The monoisotopic (exact) mass is 301 g/mol. The van der Waals surface area contributed by atoms with Gasteiger partial charge in [0.15, 0.2) is 0 Å². The molecule has 0 aromatic heterocycles. The van der Waals surface area contributed by atoms with E-state index in [0.29, 0.717) is 17.5 Å². The minimum absolute atomic E-state index is 0.111. The lowest BCUT2D eigenvalue weighted by molar-refractivity contribution is -0.0653. The summed E-state index contributed by atoms with van der Waals surface area (Å²) in [5, 5.41) is 10.1. The minimum Gasteiger partial charge on any atom is -0.387 e. The van der Waals surface area contributed by atoms with Crippen LogP contribution >= 0.6 is 0 Å². The SMILES string of the molecule is CCCC1(O)CN(S(=O)(=O)c2c(C)cc(F)cc2C)C1. The zero-order valence-corrected chi connectivity index (χ0v) is 12.8. The van der Waals surface area contributed by atoms with Gasteiger partial charge in [0.05, 0.1) is 10.5 Å². The van der Waals surface area contributed by atoms with Crippen molar-refractivity contribution in [3.05, 3.63) is 29.1 Å². The lowest BCUT2D eigenvalue weighted by atomic mass is 9.92. The third kappa shape index (κ3) is 2.60. The van der Waals surface area contributed by atoms with E-state index in [1.807, 2.05) is 6.92 Å². The van der Waals surface area contributed by atoms with E-state index in [-0.39, 0.29) is 18.0 Å². The maximum Gasteiger partial charge on any atom is 0.243 e. The van der Waals surface area contributed by atoms with Gasteiger partial charge in [0.1, 0.15) is 5.82 Å². The van der Waals surface area contributed by atoms with E-state index in [4.69, 9.17) is 0 Å². The Balaban J connectivity index is 2.30. The molecular formula is C14H20FNO3S. The van der Waals surface area contributed by atoms with Gasteiger partial charge in [-0.3, -0.25) is 0 Å². The van der Waals surface area contributed by atoms with Crippen molar-refractivity contribution in [1.82, 2.24) is 4.31 Å². The summed E-state index contributed by atoms with van der Waals surface area (Å²) in [6.07, 6.45) is 1.39. The molecule has 1 saturated heterocycles. The van der Waals surface area contributed by atoms with Crippen LogP contribution in [0.3, 0.4) is 0 Å². The Hall–Kier alpha value is -0.980. The Kier molecular flexibility index (Phi) is 3.92. The number of nitrogens with zero attached hydrogens (tertiary/aromatic N) is 1. The first-order valence-corrected chi connectivity index (χ1v) is 8.13. The fourth-order valence-corrected chi connectivity index (χ4v) is 4.85. The second-order valence-corrected chi connectivity index (χ2v) is 7.49. The lowest BCUT2D eigenvalue weighted by Gasteiger charge is -2.45. The van der Waals surface area contributed by atoms with E-state index in [1.54, 1.807) is 13.8 Å². The quantitative estimate of drug-likeness (QED) is 0.925. The molecule has 0 atom stereocenters. The predicted octanol–water partition coefficient (Wildman–Crippen LogP) is 1.98. The lowest BCUT2D eigenvalue weighted by Crippen LogP contribution is -2.63. The molecule has 6 heteroatoms. The molecule has 0 bridgehead atoms. The highest BCUT2D eigenvalue weighted by Crippen LogP contribution is 2.33. The van der Waals surface area contributed by atoms with Gasteiger partial charge in [-0.2, -0.15) is 4.31 Å². The summed E-state index contributed by atoms with van der Waals surface area (Å²) >= 11 is 0. The molecule has 1 aromatic rings. The van der Waals surface area contributed by atoms with Gasteiger partial charge in [-0.1, -0.05) is 13.3 Å². The zero-order valence-electron chi connectivity index (χ0n) is 12.0. The summed E-state index contributed by atoms with van der Waals surface area (Å²) < 4.78 is 39.6. The van der Waals surface area contributed by atoms with Crippen LogP contribution in [0.4, 0.5) is 4.39 Å². The zero-order chi connectivity index (χ0) is 15.1. The number of hydrogen-bond acceptors (Lipinski definition) is 3. The Morgan fingerprint density at radius 1 is 1.30 bits per heavy atom. The number of sulfonamides is 1. The summed E-state index contributed by atoms with van der Waals surface area (Å²) in [4.78, 5) is 0.150. The molecule has 20 heavy (non-hydrogen) atoms. The van der Waals surface area contributed by atoms with E-state index >= 15 is 0 Å².